The molecule has 226 valence electrons. The minimum Gasteiger partial charge on any atom is -0.508 e. The zero-order valence-corrected chi connectivity index (χ0v) is 24.7. The number of phenols is 1. The van der Waals surface area contributed by atoms with E-state index in [4.69, 9.17) is 34.8 Å². The molecule has 15 heteroatoms. The summed E-state index contributed by atoms with van der Waals surface area (Å²) in [5, 5.41) is 12.2. The third kappa shape index (κ3) is 3.88. The Labute approximate surface area is 257 Å². The van der Waals surface area contributed by atoms with Gasteiger partial charge in [0.2, 0.25) is 0 Å². The maximum Gasteiger partial charge on any atom is 0.433 e. The lowest BCUT2D eigenvalue weighted by molar-refractivity contribution is -0.141. The number of benzene rings is 1. The number of rotatable bonds is 3. The van der Waals surface area contributed by atoms with Crippen LogP contribution in [0.15, 0.2) is 48.0 Å². The summed E-state index contributed by atoms with van der Waals surface area (Å²) in [6, 6.07) is 7.75. The standard InChI is InChI=1S/C28H22Cl3F3N4O5/c1-36-24(42)26(30)11-15-12(20(27(26,31)25(36)43)13-5-3-4-6-17(13)39)7-8-14-19(15)23(41)38(22(14)40)37(2)21-16(29)9-10-18(35-21)28(32,33)34/h3-7,9-10,14-15,19-20,39H,8,11H2,1-2H3. The maximum atomic E-state index is 14.1. The molecule has 2 aliphatic carbocycles. The number of carbonyl (C=O) groups is 4. The number of halogens is 6. The van der Waals surface area contributed by atoms with Crippen LogP contribution >= 0.6 is 34.8 Å². The molecule has 4 amide bonds. The number of phenolic OH excluding ortho intramolecular Hbond substituents is 1. The molecule has 1 N–H and O–H groups in total. The first-order valence-electron chi connectivity index (χ1n) is 13.1. The van der Waals surface area contributed by atoms with Crippen molar-refractivity contribution in [3.05, 3.63) is 64.3 Å². The molecule has 6 atom stereocenters. The van der Waals surface area contributed by atoms with Gasteiger partial charge >= 0.3 is 6.18 Å². The molecule has 4 aliphatic rings. The van der Waals surface area contributed by atoms with E-state index in [1.165, 1.54) is 26.2 Å². The van der Waals surface area contributed by atoms with Gasteiger partial charge < -0.3 is 5.11 Å². The topological polar surface area (TPSA) is 111 Å². The van der Waals surface area contributed by atoms with Crippen molar-refractivity contribution < 1.29 is 37.5 Å². The number of nitrogens with zero attached hydrogens (tertiary/aromatic N) is 4. The Bertz CT molecular complexity index is 1650. The number of alkyl halides is 5. The molecule has 2 saturated heterocycles. The Hall–Kier alpha value is -3.35. The van der Waals surface area contributed by atoms with Crippen molar-refractivity contribution in [3.8, 4) is 5.75 Å². The van der Waals surface area contributed by atoms with Gasteiger partial charge in [0.15, 0.2) is 15.6 Å². The van der Waals surface area contributed by atoms with E-state index in [0.29, 0.717) is 16.6 Å². The molecule has 0 spiro atoms. The van der Waals surface area contributed by atoms with Gasteiger partial charge in [-0.1, -0.05) is 41.4 Å². The van der Waals surface area contributed by atoms with E-state index >= 15 is 0 Å². The van der Waals surface area contributed by atoms with E-state index in [9.17, 15) is 37.5 Å². The molecule has 0 radical (unpaired) electrons. The lowest BCUT2D eigenvalue weighted by Crippen LogP contribution is -2.60. The number of hydrogen-bond acceptors (Lipinski definition) is 7. The number of anilines is 1. The third-order valence-corrected chi connectivity index (χ3v) is 10.7. The normalized spacial score (nSPS) is 32.0. The molecule has 2 aromatic rings. The van der Waals surface area contributed by atoms with Crippen LogP contribution in [0, 0.1) is 17.8 Å². The van der Waals surface area contributed by atoms with Crippen molar-refractivity contribution in [3.63, 3.8) is 0 Å². The number of aromatic hydroxyl groups is 1. The largest absolute Gasteiger partial charge is 0.508 e. The van der Waals surface area contributed by atoms with Crippen LogP contribution in [0.3, 0.4) is 0 Å². The number of fused-ring (bicyclic) bond motifs is 4. The van der Waals surface area contributed by atoms with E-state index in [2.05, 4.69) is 4.98 Å². The van der Waals surface area contributed by atoms with Gasteiger partial charge in [-0.25, -0.2) is 4.98 Å². The Morgan fingerprint density at radius 1 is 1.02 bits per heavy atom. The van der Waals surface area contributed by atoms with E-state index in [0.717, 1.165) is 16.0 Å². The van der Waals surface area contributed by atoms with Crippen LogP contribution in [0.5, 0.6) is 5.75 Å². The monoisotopic (exact) mass is 656 g/mol. The summed E-state index contributed by atoms with van der Waals surface area (Å²) in [5.74, 6) is -7.85. The highest BCUT2D eigenvalue weighted by Crippen LogP contribution is 2.66. The van der Waals surface area contributed by atoms with Crippen LogP contribution < -0.4 is 5.01 Å². The van der Waals surface area contributed by atoms with Gasteiger partial charge in [0.05, 0.1) is 16.9 Å². The van der Waals surface area contributed by atoms with Gasteiger partial charge in [0.25, 0.3) is 23.6 Å². The summed E-state index contributed by atoms with van der Waals surface area (Å²) in [6.07, 6.45) is -3.42. The molecular formula is C28H22Cl3F3N4O5. The molecule has 9 nitrogen and oxygen atoms in total. The SMILES string of the molecule is CN1C(=O)C2(Cl)CC3C(=CCC4C(=O)N(N(C)c5nc(C(F)(F)F)ccc5Cl)C(=O)C43)C(c3ccccc3O)C2(Cl)C1=O. The van der Waals surface area contributed by atoms with Gasteiger partial charge in [-0.2, -0.15) is 18.2 Å². The van der Waals surface area contributed by atoms with E-state index in [-0.39, 0.29) is 29.2 Å². The van der Waals surface area contributed by atoms with Crippen molar-refractivity contribution in [1.29, 1.82) is 0 Å². The highest BCUT2D eigenvalue weighted by Gasteiger charge is 2.76. The highest BCUT2D eigenvalue weighted by atomic mass is 35.5. The summed E-state index contributed by atoms with van der Waals surface area (Å²) in [4.78, 5) is 55.1. The second-order valence-electron chi connectivity index (χ2n) is 11.1. The molecule has 1 aromatic heterocycles. The van der Waals surface area contributed by atoms with Crippen molar-refractivity contribution in [2.75, 3.05) is 19.1 Å². The number of allylic oxidation sites excluding steroid dienone is 2. The summed E-state index contributed by atoms with van der Waals surface area (Å²) >= 11 is 20.3. The van der Waals surface area contributed by atoms with Crippen LogP contribution in [-0.4, -0.2) is 67.5 Å². The number of hydrazine groups is 1. The Morgan fingerprint density at radius 2 is 1.70 bits per heavy atom. The number of para-hydroxylation sites is 1. The first-order chi connectivity index (χ1) is 20.1. The Balaban J connectivity index is 1.46. The second kappa shape index (κ2) is 9.57. The predicted molar refractivity (Wildman–Crippen MR) is 148 cm³/mol. The third-order valence-electron chi connectivity index (χ3n) is 8.96. The number of pyridine rings is 1. The smallest absolute Gasteiger partial charge is 0.433 e. The second-order valence-corrected chi connectivity index (χ2v) is 12.7. The molecule has 6 rings (SSSR count). The zero-order valence-electron chi connectivity index (χ0n) is 22.4. The molecule has 6 unspecified atom stereocenters. The molecular weight excluding hydrogens is 636 g/mol. The van der Waals surface area contributed by atoms with Gasteiger partial charge in [-0.15, -0.1) is 23.2 Å². The van der Waals surface area contributed by atoms with Crippen LogP contribution in [-0.2, 0) is 25.4 Å². The quantitative estimate of drug-likeness (QED) is 0.294. The molecule has 43 heavy (non-hydrogen) atoms. The minimum absolute atomic E-state index is 0.0134. The van der Waals surface area contributed by atoms with Crippen LogP contribution in [0.1, 0.15) is 30.0 Å². The van der Waals surface area contributed by atoms with E-state index in [1.54, 1.807) is 18.2 Å². The Kier molecular flexibility index (Phi) is 6.61. The summed E-state index contributed by atoms with van der Waals surface area (Å²) in [7, 11) is 2.44. The first-order valence-corrected chi connectivity index (χ1v) is 14.2. The fourth-order valence-electron chi connectivity index (χ4n) is 7.01. The average Bonchev–Trinajstić information content (AvgIpc) is 3.28. The van der Waals surface area contributed by atoms with Crippen molar-refractivity contribution in [2.45, 2.75) is 34.7 Å². The van der Waals surface area contributed by atoms with E-state index in [1.807, 2.05) is 0 Å². The molecule has 2 aliphatic heterocycles. The zero-order chi connectivity index (χ0) is 31.4. The number of imide groups is 2. The fourth-order valence-corrected chi connectivity index (χ4v) is 8.25. The van der Waals surface area contributed by atoms with Crippen LogP contribution in [0.4, 0.5) is 19.0 Å². The number of carbonyl (C=O) groups excluding carboxylic acids is 4. The fraction of sp³-hybridized carbons (Fsp3) is 0.393. The van der Waals surface area contributed by atoms with Crippen LogP contribution in [0.25, 0.3) is 0 Å². The van der Waals surface area contributed by atoms with Crippen molar-refractivity contribution in [2.24, 2.45) is 17.8 Å². The minimum atomic E-state index is -4.81. The van der Waals surface area contributed by atoms with Gasteiger partial charge in [-0.3, -0.25) is 29.1 Å². The van der Waals surface area contributed by atoms with Crippen molar-refractivity contribution >= 4 is 64.2 Å². The molecule has 1 aromatic carbocycles. The lowest BCUT2D eigenvalue weighted by atomic mass is 9.56. The summed E-state index contributed by atoms with van der Waals surface area (Å²) in [6.45, 7) is 0. The summed E-state index contributed by atoms with van der Waals surface area (Å²) in [5.41, 5.74) is -0.613. The molecule has 1 saturated carbocycles. The van der Waals surface area contributed by atoms with Crippen LogP contribution in [0.2, 0.25) is 5.02 Å². The predicted octanol–water partition coefficient (Wildman–Crippen LogP) is 4.50. The first kappa shape index (κ1) is 29.7. The average molecular weight is 658 g/mol. The van der Waals surface area contributed by atoms with Gasteiger partial charge in [-0.05, 0) is 37.0 Å². The lowest BCUT2D eigenvalue weighted by Gasteiger charge is -2.50. The maximum absolute atomic E-state index is 14.1. The molecule has 3 fully saturated rings. The molecule has 0 bridgehead atoms. The number of aromatic nitrogens is 1. The van der Waals surface area contributed by atoms with Gasteiger partial charge in [0.1, 0.15) is 11.4 Å². The van der Waals surface area contributed by atoms with Gasteiger partial charge in [0, 0.05) is 25.6 Å². The van der Waals surface area contributed by atoms with Crippen molar-refractivity contribution in [1.82, 2.24) is 14.9 Å². The number of likely N-dealkylation sites (tertiary alicyclic amines) is 1. The summed E-state index contributed by atoms with van der Waals surface area (Å²) < 4.78 is 40.2. The Morgan fingerprint density at radius 3 is 2.35 bits per heavy atom. The highest BCUT2D eigenvalue weighted by molar-refractivity contribution is 6.53. The number of amides is 4. The van der Waals surface area contributed by atoms with E-state index < -0.39 is 74.7 Å². The molecule has 3 heterocycles. The number of hydrogen-bond donors (Lipinski definition) is 1.